The van der Waals surface area contributed by atoms with Crippen molar-refractivity contribution >= 4 is 10.9 Å². The predicted octanol–water partition coefficient (Wildman–Crippen LogP) is 3.16. The molecule has 2 aromatic rings. The molecule has 1 aliphatic heterocycles. The van der Waals surface area contributed by atoms with Crippen molar-refractivity contribution in [2.24, 2.45) is 0 Å². The van der Waals surface area contributed by atoms with E-state index in [2.05, 4.69) is 34.6 Å². The van der Waals surface area contributed by atoms with E-state index in [9.17, 15) is 0 Å². The maximum Gasteiger partial charge on any atom is 0.0594 e. The molecule has 0 saturated carbocycles. The zero-order valence-corrected chi connectivity index (χ0v) is 13.6. The van der Waals surface area contributed by atoms with E-state index < -0.39 is 0 Å². The van der Waals surface area contributed by atoms with Crippen molar-refractivity contribution in [1.29, 1.82) is 0 Å². The molecule has 1 aromatic heterocycles. The zero-order chi connectivity index (χ0) is 14.9. The van der Waals surface area contributed by atoms with Crippen molar-refractivity contribution < 1.29 is 4.74 Å². The molecule has 0 atom stereocenters. The van der Waals surface area contributed by atoms with Crippen LogP contribution in [0.15, 0.2) is 18.2 Å². The Morgan fingerprint density at radius 3 is 2.73 bits per heavy atom. The van der Waals surface area contributed by atoms with Crippen LogP contribution in [0.25, 0.3) is 10.9 Å². The first-order chi connectivity index (χ1) is 10.8. The maximum atomic E-state index is 5.46. The third-order valence-corrected chi connectivity index (χ3v) is 5.28. The van der Waals surface area contributed by atoms with Gasteiger partial charge in [0.05, 0.1) is 13.2 Å². The van der Waals surface area contributed by atoms with Gasteiger partial charge in [0.2, 0.25) is 0 Å². The summed E-state index contributed by atoms with van der Waals surface area (Å²) in [5.74, 6) is 0. The largest absolute Gasteiger partial charge is 0.379 e. The summed E-state index contributed by atoms with van der Waals surface area (Å²) >= 11 is 0. The molecule has 2 aliphatic rings. The van der Waals surface area contributed by atoms with Crippen molar-refractivity contribution in [2.75, 3.05) is 32.8 Å². The minimum absolute atomic E-state index is 0.893. The summed E-state index contributed by atoms with van der Waals surface area (Å²) in [7, 11) is 0. The number of aromatic nitrogens is 1. The number of aryl methyl sites for hydroxylation is 2. The van der Waals surface area contributed by atoms with Gasteiger partial charge < -0.3 is 9.30 Å². The van der Waals surface area contributed by atoms with Gasteiger partial charge in [0.25, 0.3) is 0 Å². The van der Waals surface area contributed by atoms with E-state index in [1.54, 1.807) is 11.3 Å². The lowest BCUT2D eigenvalue weighted by Crippen LogP contribution is -2.38. The van der Waals surface area contributed by atoms with Crippen molar-refractivity contribution in [3.63, 3.8) is 0 Å². The number of morpholine rings is 1. The van der Waals surface area contributed by atoms with Gasteiger partial charge in [-0.1, -0.05) is 11.6 Å². The maximum absolute atomic E-state index is 5.46. The first-order valence-electron chi connectivity index (χ1n) is 8.73. The number of fused-ring (bicyclic) bond motifs is 3. The summed E-state index contributed by atoms with van der Waals surface area (Å²) in [4.78, 5) is 2.54. The van der Waals surface area contributed by atoms with Crippen LogP contribution >= 0.6 is 0 Å². The lowest BCUT2D eigenvalue weighted by atomic mass is 9.95. The Kier molecular flexibility index (Phi) is 3.93. The number of benzene rings is 1. The summed E-state index contributed by atoms with van der Waals surface area (Å²) in [6.07, 6.45) is 5.22. The molecule has 0 bridgehead atoms. The molecule has 2 heterocycles. The molecule has 0 radical (unpaired) electrons. The second-order valence-electron chi connectivity index (χ2n) is 6.76. The van der Waals surface area contributed by atoms with Crippen LogP contribution < -0.4 is 0 Å². The van der Waals surface area contributed by atoms with Gasteiger partial charge in [-0.05, 0) is 50.3 Å². The highest BCUT2D eigenvalue weighted by Crippen LogP contribution is 2.32. The SMILES string of the molecule is Cc1ccc2c(c1)c1c(n2CCN2CCOCC2)CCCC1. The lowest BCUT2D eigenvalue weighted by molar-refractivity contribution is 0.0364. The van der Waals surface area contributed by atoms with Crippen LogP contribution in [0.4, 0.5) is 0 Å². The smallest absolute Gasteiger partial charge is 0.0594 e. The first kappa shape index (κ1) is 14.3. The van der Waals surface area contributed by atoms with Crippen molar-refractivity contribution in [1.82, 2.24) is 9.47 Å². The van der Waals surface area contributed by atoms with E-state index in [-0.39, 0.29) is 0 Å². The van der Waals surface area contributed by atoms with Crippen LogP contribution in [0, 0.1) is 6.92 Å². The Balaban J connectivity index is 1.66. The van der Waals surface area contributed by atoms with Gasteiger partial charge in [-0.15, -0.1) is 0 Å². The van der Waals surface area contributed by atoms with Gasteiger partial charge in [0, 0.05) is 42.8 Å². The lowest BCUT2D eigenvalue weighted by Gasteiger charge is -2.27. The van der Waals surface area contributed by atoms with Crippen LogP contribution in [0.2, 0.25) is 0 Å². The molecular formula is C19H26N2O. The minimum atomic E-state index is 0.893. The van der Waals surface area contributed by atoms with Gasteiger partial charge >= 0.3 is 0 Å². The average Bonchev–Trinajstić information content (AvgIpc) is 2.87. The standard InChI is InChI=1S/C19H26N2O/c1-15-6-7-19-17(14-15)16-4-2-3-5-18(16)21(19)9-8-20-10-12-22-13-11-20/h6-7,14H,2-5,8-13H2,1H3. The Hall–Kier alpha value is -1.32. The van der Waals surface area contributed by atoms with Crippen LogP contribution in [0.5, 0.6) is 0 Å². The number of nitrogens with zero attached hydrogens (tertiary/aromatic N) is 2. The Bertz CT molecular complexity index is 668. The molecule has 3 heteroatoms. The van der Waals surface area contributed by atoms with E-state index in [0.29, 0.717) is 0 Å². The third kappa shape index (κ3) is 2.57. The van der Waals surface area contributed by atoms with E-state index in [4.69, 9.17) is 4.74 Å². The fraction of sp³-hybridized carbons (Fsp3) is 0.579. The predicted molar refractivity (Wildman–Crippen MR) is 90.6 cm³/mol. The molecule has 22 heavy (non-hydrogen) atoms. The van der Waals surface area contributed by atoms with Gasteiger partial charge in [0.1, 0.15) is 0 Å². The zero-order valence-electron chi connectivity index (χ0n) is 13.6. The van der Waals surface area contributed by atoms with E-state index in [0.717, 1.165) is 39.4 Å². The van der Waals surface area contributed by atoms with Crippen molar-refractivity contribution in [3.05, 3.63) is 35.0 Å². The molecule has 4 rings (SSSR count). The first-order valence-corrected chi connectivity index (χ1v) is 8.73. The van der Waals surface area contributed by atoms with Crippen LogP contribution in [0.1, 0.15) is 29.7 Å². The highest BCUT2D eigenvalue weighted by atomic mass is 16.5. The highest BCUT2D eigenvalue weighted by Gasteiger charge is 2.20. The topological polar surface area (TPSA) is 17.4 Å². The molecule has 0 amide bonds. The van der Waals surface area contributed by atoms with Gasteiger partial charge in [-0.3, -0.25) is 4.90 Å². The van der Waals surface area contributed by atoms with Crippen LogP contribution in [0.3, 0.4) is 0 Å². The average molecular weight is 298 g/mol. The molecule has 1 saturated heterocycles. The number of ether oxygens (including phenoxy) is 1. The molecular weight excluding hydrogens is 272 g/mol. The molecule has 3 nitrogen and oxygen atoms in total. The van der Waals surface area contributed by atoms with E-state index >= 15 is 0 Å². The second kappa shape index (κ2) is 6.05. The van der Waals surface area contributed by atoms with Gasteiger partial charge in [-0.2, -0.15) is 0 Å². The normalized spacial score (nSPS) is 19.5. The van der Waals surface area contributed by atoms with E-state index in [1.165, 1.54) is 42.1 Å². The minimum Gasteiger partial charge on any atom is -0.379 e. The third-order valence-electron chi connectivity index (χ3n) is 5.28. The molecule has 0 spiro atoms. The number of hydrogen-bond donors (Lipinski definition) is 0. The highest BCUT2D eigenvalue weighted by molar-refractivity contribution is 5.86. The van der Waals surface area contributed by atoms with Crippen LogP contribution in [-0.4, -0.2) is 42.3 Å². The van der Waals surface area contributed by atoms with Crippen molar-refractivity contribution in [2.45, 2.75) is 39.2 Å². The summed E-state index contributed by atoms with van der Waals surface area (Å²) < 4.78 is 8.07. The van der Waals surface area contributed by atoms with Gasteiger partial charge in [-0.25, -0.2) is 0 Å². The summed E-state index contributed by atoms with van der Waals surface area (Å²) in [5, 5.41) is 1.51. The molecule has 1 fully saturated rings. The Morgan fingerprint density at radius 1 is 1.05 bits per heavy atom. The summed E-state index contributed by atoms with van der Waals surface area (Å²) in [5.41, 5.74) is 6.07. The molecule has 118 valence electrons. The van der Waals surface area contributed by atoms with Crippen molar-refractivity contribution in [3.8, 4) is 0 Å². The molecule has 1 aromatic carbocycles. The Labute approximate surface area is 132 Å². The molecule has 1 aliphatic carbocycles. The number of rotatable bonds is 3. The summed E-state index contributed by atoms with van der Waals surface area (Å²) in [6.45, 7) is 8.43. The van der Waals surface area contributed by atoms with Crippen LogP contribution in [-0.2, 0) is 24.1 Å². The van der Waals surface area contributed by atoms with Gasteiger partial charge in [0.15, 0.2) is 0 Å². The van der Waals surface area contributed by atoms with E-state index in [1.807, 2.05) is 0 Å². The second-order valence-corrected chi connectivity index (χ2v) is 6.76. The molecule has 0 unspecified atom stereocenters. The monoisotopic (exact) mass is 298 g/mol. The number of hydrogen-bond acceptors (Lipinski definition) is 2. The molecule has 0 N–H and O–H groups in total. The fourth-order valence-electron chi connectivity index (χ4n) is 4.07. The Morgan fingerprint density at radius 2 is 1.86 bits per heavy atom. The summed E-state index contributed by atoms with van der Waals surface area (Å²) in [6, 6.07) is 6.99. The fourth-order valence-corrected chi connectivity index (χ4v) is 4.07. The quantitative estimate of drug-likeness (QED) is 0.866.